The lowest BCUT2D eigenvalue weighted by Gasteiger charge is -2.46. The number of ether oxygens (including phenoxy) is 2. The maximum atomic E-state index is 13.3. The van der Waals surface area contributed by atoms with Gasteiger partial charge in [-0.3, -0.25) is 4.98 Å². The van der Waals surface area contributed by atoms with Crippen molar-refractivity contribution in [3.05, 3.63) is 53.5 Å². The van der Waals surface area contributed by atoms with Crippen LogP contribution >= 0.6 is 0 Å². The number of halogens is 3. The summed E-state index contributed by atoms with van der Waals surface area (Å²) < 4.78 is 50.9. The second-order valence-electron chi connectivity index (χ2n) is 8.99. The summed E-state index contributed by atoms with van der Waals surface area (Å²) in [4.78, 5) is 8.52. The number of methoxy groups -OCH3 is 1. The Balaban J connectivity index is 1.45. The molecule has 8 heteroatoms. The third-order valence-electron chi connectivity index (χ3n) is 6.89. The van der Waals surface area contributed by atoms with Crippen molar-refractivity contribution >= 4 is 0 Å². The molecule has 0 amide bonds. The Labute approximate surface area is 186 Å². The summed E-state index contributed by atoms with van der Waals surface area (Å²) in [5.41, 5.74) is 0.562. The predicted octanol–water partition coefficient (Wildman–Crippen LogP) is 5.04. The molecule has 1 saturated carbocycles. The highest BCUT2D eigenvalue weighted by atomic mass is 19.4. The van der Waals surface area contributed by atoms with Crippen molar-refractivity contribution in [1.29, 1.82) is 0 Å². The van der Waals surface area contributed by atoms with Crippen molar-refractivity contribution in [1.82, 2.24) is 15.3 Å². The van der Waals surface area contributed by atoms with Crippen LogP contribution in [0.4, 0.5) is 13.2 Å². The first-order valence-electron chi connectivity index (χ1n) is 11.2. The van der Waals surface area contributed by atoms with Crippen molar-refractivity contribution in [3.8, 4) is 5.88 Å². The molecule has 1 aliphatic carbocycles. The largest absolute Gasteiger partial charge is 0.481 e. The van der Waals surface area contributed by atoms with Gasteiger partial charge in [-0.25, -0.2) is 4.98 Å². The van der Waals surface area contributed by atoms with Crippen LogP contribution in [0, 0.1) is 0 Å². The Hall–Kier alpha value is -2.19. The fraction of sp³-hybridized carbons (Fsp3) is 0.583. The molecular formula is C24H30F3N3O2. The molecule has 1 atom stereocenters. The molecule has 5 nitrogen and oxygen atoms in total. The fourth-order valence-corrected chi connectivity index (χ4v) is 5.31. The minimum Gasteiger partial charge on any atom is -0.481 e. The van der Waals surface area contributed by atoms with Crippen molar-refractivity contribution in [2.75, 3.05) is 20.3 Å². The zero-order valence-electron chi connectivity index (χ0n) is 18.4. The van der Waals surface area contributed by atoms with E-state index in [0.717, 1.165) is 43.9 Å². The molecule has 174 valence electrons. The van der Waals surface area contributed by atoms with E-state index in [1.54, 1.807) is 0 Å². The van der Waals surface area contributed by atoms with Crippen LogP contribution in [0.3, 0.4) is 0 Å². The molecule has 2 aliphatic rings. The van der Waals surface area contributed by atoms with Crippen LogP contribution in [0.5, 0.6) is 5.88 Å². The standard InChI is InChI=1S/C24H30F3N3O2/c1-31-21-19(24(25,26)27)14-18(16-30-21)15-28-12-9-22(20-6-2-5-11-29-20)10-13-32-23(17-22)7-3-4-8-23/h2,5-6,11,14,16,28H,3-4,7-10,12-13,15,17H2,1H3/t22-/m1/s1. The van der Waals surface area contributed by atoms with Crippen LogP contribution < -0.4 is 10.1 Å². The maximum absolute atomic E-state index is 13.3. The summed E-state index contributed by atoms with van der Waals surface area (Å²) in [7, 11) is 1.19. The third kappa shape index (κ3) is 4.91. The average molecular weight is 450 g/mol. The highest BCUT2D eigenvalue weighted by molar-refractivity contribution is 5.32. The van der Waals surface area contributed by atoms with Crippen LogP contribution in [-0.2, 0) is 22.9 Å². The summed E-state index contributed by atoms with van der Waals surface area (Å²) >= 11 is 0. The number of hydrogen-bond acceptors (Lipinski definition) is 5. The predicted molar refractivity (Wildman–Crippen MR) is 114 cm³/mol. The lowest BCUT2D eigenvalue weighted by atomic mass is 9.68. The zero-order chi connectivity index (χ0) is 22.7. The zero-order valence-corrected chi connectivity index (χ0v) is 18.4. The van der Waals surface area contributed by atoms with E-state index in [0.29, 0.717) is 25.3 Å². The summed E-state index contributed by atoms with van der Waals surface area (Å²) in [6.07, 6.45) is 6.03. The van der Waals surface area contributed by atoms with E-state index < -0.39 is 17.6 Å². The lowest BCUT2D eigenvalue weighted by Crippen LogP contribution is -2.47. The van der Waals surface area contributed by atoms with Crippen molar-refractivity contribution in [3.63, 3.8) is 0 Å². The molecule has 2 aromatic rings. The number of nitrogens with one attached hydrogen (secondary N) is 1. The minimum atomic E-state index is -4.50. The van der Waals surface area contributed by atoms with Gasteiger partial charge in [0.15, 0.2) is 0 Å². The Morgan fingerprint density at radius 1 is 1.16 bits per heavy atom. The van der Waals surface area contributed by atoms with Gasteiger partial charge in [-0.15, -0.1) is 0 Å². The highest BCUT2D eigenvalue weighted by Gasteiger charge is 2.48. The van der Waals surface area contributed by atoms with Gasteiger partial charge in [-0.2, -0.15) is 13.2 Å². The third-order valence-corrected chi connectivity index (χ3v) is 6.89. The minimum absolute atomic E-state index is 0.0582. The topological polar surface area (TPSA) is 56.3 Å². The molecule has 32 heavy (non-hydrogen) atoms. The quantitative estimate of drug-likeness (QED) is 0.600. The van der Waals surface area contributed by atoms with E-state index in [-0.39, 0.29) is 11.0 Å². The van der Waals surface area contributed by atoms with Gasteiger partial charge < -0.3 is 14.8 Å². The fourth-order valence-electron chi connectivity index (χ4n) is 5.31. The summed E-state index contributed by atoms with van der Waals surface area (Å²) in [5.74, 6) is -0.403. The summed E-state index contributed by atoms with van der Waals surface area (Å²) in [5, 5.41) is 3.32. The molecule has 0 radical (unpaired) electrons. The van der Waals surface area contributed by atoms with Gasteiger partial charge in [-0.1, -0.05) is 18.9 Å². The molecule has 0 bridgehead atoms. The Bertz CT molecular complexity index is 901. The van der Waals surface area contributed by atoms with E-state index >= 15 is 0 Å². The van der Waals surface area contributed by atoms with E-state index in [2.05, 4.69) is 16.4 Å². The first kappa shape index (κ1) is 23.0. The maximum Gasteiger partial charge on any atom is 0.421 e. The second-order valence-corrected chi connectivity index (χ2v) is 8.99. The van der Waals surface area contributed by atoms with Crippen LogP contribution in [-0.4, -0.2) is 35.8 Å². The van der Waals surface area contributed by atoms with Gasteiger partial charge in [0, 0.05) is 36.7 Å². The van der Waals surface area contributed by atoms with E-state index in [9.17, 15) is 13.2 Å². The molecule has 0 unspecified atom stereocenters. The van der Waals surface area contributed by atoms with Crippen molar-refractivity contribution in [2.24, 2.45) is 0 Å². The molecular weight excluding hydrogens is 419 g/mol. The number of hydrogen-bond donors (Lipinski definition) is 1. The van der Waals surface area contributed by atoms with Crippen LogP contribution in [0.25, 0.3) is 0 Å². The Kier molecular flexibility index (Phi) is 6.72. The van der Waals surface area contributed by atoms with Crippen molar-refractivity contribution in [2.45, 2.75) is 68.7 Å². The van der Waals surface area contributed by atoms with Gasteiger partial charge in [0.05, 0.1) is 12.7 Å². The Morgan fingerprint density at radius 2 is 1.97 bits per heavy atom. The molecule has 1 spiro atoms. The number of nitrogens with zero attached hydrogens (tertiary/aromatic N) is 2. The smallest absolute Gasteiger partial charge is 0.421 e. The van der Waals surface area contributed by atoms with Gasteiger partial charge in [0.1, 0.15) is 5.56 Å². The number of aromatic nitrogens is 2. The van der Waals surface area contributed by atoms with Gasteiger partial charge >= 0.3 is 6.18 Å². The summed E-state index contributed by atoms with van der Waals surface area (Å²) in [6, 6.07) is 7.15. The molecule has 2 aromatic heterocycles. The molecule has 3 heterocycles. The number of rotatable bonds is 7. The molecule has 1 saturated heterocycles. The first-order valence-corrected chi connectivity index (χ1v) is 11.2. The van der Waals surface area contributed by atoms with E-state index in [4.69, 9.17) is 14.5 Å². The normalized spacial score (nSPS) is 22.9. The SMILES string of the molecule is COc1ncc(CNCC[C@@]2(c3ccccn3)CCOC3(CCCC3)C2)cc1C(F)(F)F. The van der Waals surface area contributed by atoms with Gasteiger partial charge in [-0.05, 0) is 62.4 Å². The van der Waals surface area contributed by atoms with Gasteiger partial charge in [0.2, 0.25) is 5.88 Å². The molecule has 4 rings (SSSR count). The molecule has 1 N–H and O–H groups in total. The number of alkyl halides is 3. The van der Waals surface area contributed by atoms with Crippen LogP contribution in [0.2, 0.25) is 0 Å². The van der Waals surface area contributed by atoms with Crippen LogP contribution in [0.15, 0.2) is 36.7 Å². The molecule has 0 aromatic carbocycles. The van der Waals surface area contributed by atoms with E-state index in [1.807, 2.05) is 18.3 Å². The molecule has 1 aliphatic heterocycles. The van der Waals surface area contributed by atoms with Crippen LogP contribution in [0.1, 0.15) is 61.8 Å². The Morgan fingerprint density at radius 3 is 2.66 bits per heavy atom. The highest BCUT2D eigenvalue weighted by Crippen LogP contribution is 2.49. The number of pyridine rings is 2. The second kappa shape index (κ2) is 9.35. The van der Waals surface area contributed by atoms with Gasteiger partial charge in [0.25, 0.3) is 0 Å². The summed E-state index contributed by atoms with van der Waals surface area (Å²) in [6.45, 7) is 1.69. The first-order chi connectivity index (χ1) is 15.4. The average Bonchev–Trinajstić information content (AvgIpc) is 3.24. The van der Waals surface area contributed by atoms with E-state index in [1.165, 1.54) is 26.1 Å². The monoisotopic (exact) mass is 449 g/mol. The lowest BCUT2D eigenvalue weighted by molar-refractivity contribution is -0.139. The van der Waals surface area contributed by atoms with Crippen molar-refractivity contribution < 1.29 is 22.6 Å². The molecule has 2 fully saturated rings.